The molecule has 0 atom stereocenters. The lowest BCUT2D eigenvalue weighted by Crippen LogP contribution is -1.81. The fourth-order valence-electron chi connectivity index (χ4n) is 1.70. The first-order valence-electron chi connectivity index (χ1n) is 5.56. The van der Waals surface area contributed by atoms with Gasteiger partial charge in [-0.3, -0.25) is 0 Å². The number of pyridine rings is 1. The van der Waals surface area contributed by atoms with E-state index >= 15 is 0 Å². The Hall–Kier alpha value is -1.78. The van der Waals surface area contributed by atoms with Crippen LogP contribution in [0.15, 0.2) is 48.0 Å². The highest BCUT2D eigenvalue weighted by Crippen LogP contribution is 2.29. The van der Waals surface area contributed by atoms with E-state index in [1.807, 2.05) is 11.4 Å². The van der Waals surface area contributed by atoms with Gasteiger partial charge < -0.3 is 0 Å². The molecule has 0 spiro atoms. The molecular formula is C14H8ClFN2S. The number of aromatic nitrogens is 2. The van der Waals surface area contributed by atoms with Gasteiger partial charge in [0.15, 0.2) is 0 Å². The van der Waals surface area contributed by atoms with Crippen molar-refractivity contribution >= 4 is 22.9 Å². The zero-order valence-corrected chi connectivity index (χ0v) is 11.2. The van der Waals surface area contributed by atoms with E-state index < -0.39 is 0 Å². The van der Waals surface area contributed by atoms with Gasteiger partial charge in [-0.05, 0) is 36.4 Å². The van der Waals surface area contributed by atoms with Gasteiger partial charge in [0.1, 0.15) is 16.0 Å². The van der Waals surface area contributed by atoms with Crippen LogP contribution < -0.4 is 0 Å². The Morgan fingerprint density at radius 2 is 1.84 bits per heavy atom. The fourth-order valence-corrected chi connectivity index (χ4v) is 2.70. The first-order valence-corrected chi connectivity index (χ1v) is 6.81. The highest BCUT2D eigenvalue weighted by atomic mass is 35.5. The van der Waals surface area contributed by atoms with Crippen molar-refractivity contribution in [2.24, 2.45) is 0 Å². The molecule has 0 aliphatic heterocycles. The quantitative estimate of drug-likeness (QED) is 0.641. The van der Waals surface area contributed by atoms with Crippen molar-refractivity contribution in [3.63, 3.8) is 0 Å². The first kappa shape index (κ1) is 12.3. The summed E-state index contributed by atoms with van der Waals surface area (Å²) in [6.07, 6.45) is 1.65. The Morgan fingerprint density at radius 1 is 1.05 bits per heavy atom. The second kappa shape index (κ2) is 5.07. The van der Waals surface area contributed by atoms with Crippen LogP contribution in [0.25, 0.3) is 21.8 Å². The van der Waals surface area contributed by atoms with Crippen LogP contribution in [0.1, 0.15) is 0 Å². The highest BCUT2D eigenvalue weighted by Gasteiger charge is 2.07. The minimum Gasteiger partial charge on any atom is -0.245 e. The fraction of sp³-hybridized carbons (Fsp3) is 0. The van der Waals surface area contributed by atoms with Gasteiger partial charge in [-0.2, -0.15) is 0 Å². The predicted molar refractivity (Wildman–Crippen MR) is 75.7 cm³/mol. The first-order chi connectivity index (χ1) is 9.22. The molecule has 0 fully saturated rings. The Kier molecular flexibility index (Phi) is 3.27. The van der Waals surface area contributed by atoms with Gasteiger partial charge in [0, 0.05) is 22.7 Å². The van der Waals surface area contributed by atoms with Crippen LogP contribution in [0.2, 0.25) is 5.15 Å². The van der Waals surface area contributed by atoms with E-state index in [1.165, 1.54) is 23.5 Å². The average Bonchev–Trinajstić information content (AvgIpc) is 2.89. The number of halogens is 2. The van der Waals surface area contributed by atoms with E-state index in [1.54, 1.807) is 24.4 Å². The van der Waals surface area contributed by atoms with E-state index in [-0.39, 0.29) is 5.82 Å². The molecule has 94 valence electrons. The number of nitrogens with zero attached hydrogens (tertiary/aromatic N) is 2. The molecule has 0 N–H and O–H groups in total. The van der Waals surface area contributed by atoms with E-state index in [2.05, 4.69) is 9.97 Å². The summed E-state index contributed by atoms with van der Waals surface area (Å²) < 4.78 is 12.9. The zero-order chi connectivity index (χ0) is 13.2. The van der Waals surface area contributed by atoms with Crippen molar-refractivity contribution in [3.05, 3.63) is 58.9 Å². The molecule has 19 heavy (non-hydrogen) atoms. The van der Waals surface area contributed by atoms with Crippen molar-refractivity contribution in [2.45, 2.75) is 0 Å². The van der Waals surface area contributed by atoms with Crippen LogP contribution in [0.4, 0.5) is 4.39 Å². The standard InChI is InChI=1S/C14H8ClFN2S/c15-13-7-10(5-6-17-13)14-18-12(8-19-14)9-1-3-11(16)4-2-9/h1-8H. The van der Waals surface area contributed by atoms with Gasteiger partial charge >= 0.3 is 0 Å². The maximum atomic E-state index is 12.9. The molecule has 0 saturated carbocycles. The molecule has 0 radical (unpaired) electrons. The molecule has 3 aromatic rings. The molecule has 5 heteroatoms. The number of hydrogen-bond acceptors (Lipinski definition) is 3. The SMILES string of the molecule is Fc1ccc(-c2csc(-c3ccnc(Cl)c3)n2)cc1. The predicted octanol–water partition coefficient (Wildman–Crippen LogP) is 4.66. The molecule has 0 aliphatic carbocycles. The summed E-state index contributed by atoms with van der Waals surface area (Å²) in [5.41, 5.74) is 2.65. The summed E-state index contributed by atoms with van der Waals surface area (Å²) >= 11 is 7.38. The molecule has 0 amide bonds. The van der Waals surface area contributed by atoms with Crippen LogP contribution in [0.3, 0.4) is 0 Å². The molecule has 0 aliphatic rings. The maximum absolute atomic E-state index is 12.9. The summed E-state index contributed by atoms with van der Waals surface area (Å²) in [4.78, 5) is 8.47. The normalized spacial score (nSPS) is 10.6. The number of thiazole rings is 1. The van der Waals surface area contributed by atoms with Crippen LogP contribution in [0, 0.1) is 5.82 Å². The lowest BCUT2D eigenvalue weighted by atomic mass is 10.2. The molecule has 2 nitrogen and oxygen atoms in total. The van der Waals surface area contributed by atoms with Crippen LogP contribution in [0.5, 0.6) is 0 Å². The molecular weight excluding hydrogens is 283 g/mol. The van der Waals surface area contributed by atoms with Gasteiger partial charge in [0.05, 0.1) is 5.69 Å². The van der Waals surface area contributed by atoms with Gasteiger partial charge in [0.2, 0.25) is 0 Å². The van der Waals surface area contributed by atoms with Crippen molar-refractivity contribution in [1.29, 1.82) is 0 Å². The Bertz CT molecular complexity index is 709. The number of hydrogen-bond donors (Lipinski definition) is 0. The van der Waals surface area contributed by atoms with Gasteiger partial charge in [-0.25, -0.2) is 14.4 Å². The molecule has 0 unspecified atom stereocenters. The van der Waals surface area contributed by atoms with Crippen molar-refractivity contribution in [3.8, 4) is 21.8 Å². The lowest BCUT2D eigenvalue weighted by Gasteiger charge is -1.97. The Morgan fingerprint density at radius 3 is 2.58 bits per heavy atom. The van der Waals surface area contributed by atoms with Gasteiger partial charge in [0.25, 0.3) is 0 Å². The zero-order valence-electron chi connectivity index (χ0n) is 9.68. The molecule has 0 saturated heterocycles. The minimum absolute atomic E-state index is 0.250. The second-order valence-corrected chi connectivity index (χ2v) is 5.16. The monoisotopic (exact) mass is 290 g/mol. The van der Waals surface area contributed by atoms with Crippen LogP contribution in [-0.4, -0.2) is 9.97 Å². The Labute approximate surface area is 118 Å². The molecule has 2 aromatic heterocycles. The number of rotatable bonds is 2. The number of benzene rings is 1. The summed E-state index contributed by atoms with van der Waals surface area (Å²) in [5, 5.41) is 3.25. The van der Waals surface area contributed by atoms with E-state index in [9.17, 15) is 4.39 Å². The average molecular weight is 291 g/mol. The summed E-state index contributed by atoms with van der Waals surface area (Å²) in [5.74, 6) is -0.250. The van der Waals surface area contributed by atoms with E-state index in [0.29, 0.717) is 5.15 Å². The second-order valence-electron chi connectivity index (χ2n) is 3.91. The van der Waals surface area contributed by atoms with Crippen molar-refractivity contribution in [1.82, 2.24) is 9.97 Å². The molecule has 2 heterocycles. The van der Waals surface area contributed by atoms with Crippen molar-refractivity contribution in [2.75, 3.05) is 0 Å². The van der Waals surface area contributed by atoms with E-state index in [4.69, 9.17) is 11.6 Å². The third-order valence-corrected chi connectivity index (χ3v) is 3.72. The summed E-state index contributed by atoms with van der Waals surface area (Å²) in [6.45, 7) is 0. The van der Waals surface area contributed by atoms with Gasteiger partial charge in [-0.15, -0.1) is 11.3 Å². The third-order valence-electron chi connectivity index (χ3n) is 2.62. The minimum atomic E-state index is -0.250. The molecule has 3 rings (SSSR count). The smallest absolute Gasteiger partial charge is 0.129 e. The van der Waals surface area contributed by atoms with Gasteiger partial charge in [-0.1, -0.05) is 11.6 Å². The third kappa shape index (κ3) is 2.64. The summed E-state index contributed by atoms with van der Waals surface area (Å²) in [7, 11) is 0. The molecule has 1 aromatic carbocycles. The lowest BCUT2D eigenvalue weighted by molar-refractivity contribution is 0.628. The molecule has 0 bridgehead atoms. The van der Waals surface area contributed by atoms with E-state index in [0.717, 1.165) is 21.8 Å². The highest BCUT2D eigenvalue weighted by molar-refractivity contribution is 7.13. The summed E-state index contributed by atoms with van der Waals surface area (Å²) in [6, 6.07) is 9.92. The van der Waals surface area contributed by atoms with Crippen LogP contribution in [-0.2, 0) is 0 Å². The Balaban J connectivity index is 1.97. The topological polar surface area (TPSA) is 25.8 Å². The maximum Gasteiger partial charge on any atom is 0.129 e. The van der Waals surface area contributed by atoms with Crippen LogP contribution >= 0.6 is 22.9 Å². The largest absolute Gasteiger partial charge is 0.245 e. The van der Waals surface area contributed by atoms with Crippen molar-refractivity contribution < 1.29 is 4.39 Å².